The van der Waals surface area contributed by atoms with Crippen molar-refractivity contribution < 1.29 is 51.6 Å². The molecular weight excluding hydrogens is 997 g/mol. The van der Waals surface area contributed by atoms with Crippen LogP contribution in [0.4, 0.5) is 0 Å². The van der Waals surface area contributed by atoms with Crippen LogP contribution in [0.2, 0.25) is 0 Å². The Balaban J connectivity index is 0.00000224. The predicted molar refractivity (Wildman–Crippen MR) is 190 cm³/mol. The molecule has 51 heavy (non-hydrogen) atoms. The summed E-state index contributed by atoms with van der Waals surface area (Å²) < 4.78 is 14.8. The van der Waals surface area contributed by atoms with Crippen LogP contribution in [0.3, 0.4) is 0 Å². The molecular formula is C42H29N5O2Pt2. The first-order chi connectivity index (χ1) is 24.1. The molecule has 0 aliphatic heterocycles. The van der Waals surface area contributed by atoms with Crippen molar-refractivity contribution in [3.63, 3.8) is 0 Å². The van der Waals surface area contributed by atoms with Gasteiger partial charge in [-0.25, -0.2) is 9.97 Å². The van der Waals surface area contributed by atoms with E-state index in [4.69, 9.17) is 9.47 Å². The molecule has 254 valence electrons. The number of pyridine rings is 2. The summed E-state index contributed by atoms with van der Waals surface area (Å²) in [6.07, 6.45) is 8.69. The molecule has 0 N–H and O–H groups in total. The first-order valence-corrected chi connectivity index (χ1v) is 16.2. The van der Waals surface area contributed by atoms with Crippen molar-refractivity contribution in [3.8, 4) is 51.5 Å². The third-order valence-corrected chi connectivity index (χ3v) is 8.23. The molecule has 0 amide bonds. The number of aryl methyl sites for hydroxylation is 2. The largest absolute Gasteiger partial charge is 2.00 e. The standard InChI is InChI=1S/C42H29N5O2.2Pt/c1-3-28-20-30(38-10-5-7-16-43-38)24-34(22-28)48-32-12-14-36-37-15-13-33(27-41(37)47(40(36)26-32)42-45-18-9-19-46-42)49-35-23-29(4-2)21-31(25-35)39-11-6-8-17-44-39;;/h5-23H,3-4H2,1-2H3;;/q-4;2*+2. The Bertz CT molecular complexity index is 2270. The van der Waals surface area contributed by atoms with E-state index in [9.17, 15) is 0 Å². The molecule has 0 radical (unpaired) electrons. The molecule has 0 unspecified atom stereocenters. The maximum atomic E-state index is 6.41. The monoisotopic (exact) mass is 1030 g/mol. The zero-order valence-corrected chi connectivity index (χ0v) is 32.1. The smallest absolute Gasteiger partial charge is 0.503 e. The van der Waals surface area contributed by atoms with Crippen LogP contribution in [0.25, 0.3) is 50.3 Å². The number of rotatable bonds is 9. The van der Waals surface area contributed by atoms with Crippen LogP contribution in [0, 0.1) is 24.3 Å². The molecule has 0 aliphatic rings. The summed E-state index contributed by atoms with van der Waals surface area (Å²) in [6.45, 7) is 4.23. The van der Waals surface area contributed by atoms with Crippen LogP contribution in [-0.4, -0.2) is 24.5 Å². The second kappa shape index (κ2) is 15.9. The SMILES string of the molecule is CCc1cc(Oc2[c-]c3c(cc2)c2ccc(Oc4[c-]c(-c5ccccn5)cc(CC)c4)[c-]c2n3-c2ncccn2)[c-]c(-c2ccccn2)c1.[Pt+2].[Pt+2]. The molecule has 8 rings (SSSR count). The summed E-state index contributed by atoms with van der Waals surface area (Å²) >= 11 is 0. The topological polar surface area (TPSA) is 75.0 Å². The van der Waals surface area contributed by atoms with Crippen LogP contribution >= 0.6 is 0 Å². The number of nitrogens with zero attached hydrogens (tertiary/aromatic N) is 5. The Morgan fingerprint density at radius 3 is 1.41 bits per heavy atom. The zero-order chi connectivity index (χ0) is 33.2. The van der Waals surface area contributed by atoms with Crippen molar-refractivity contribution >= 4 is 21.8 Å². The normalized spacial score (nSPS) is 10.8. The molecule has 0 aliphatic carbocycles. The van der Waals surface area contributed by atoms with Gasteiger partial charge in [0.25, 0.3) is 0 Å². The molecule has 4 aromatic carbocycles. The maximum Gasteiger partial charge on any atom is 2.00 e. The van der Waals surface area contributed by atoms with Crippen LogP contribution in [0.5, 0.6) is 23.0 Å². The number of benzene rings is 4. The molecule has 0 spiro atoms. The summed E-state index contributed by atoms with van der Waals surface area (Å²) in [5, 5.41) is 1.91. The second-order valence-electron chi connectivity index (χ2n) is 11.4. The van der Waals surface area contributed by atoms with Crippen LogP contribution < -0.4 is 9.47 Å². The summed E-state index contributed by atoms with van der Waals surface area (Å²) in [7, 11) is 0. The molecule has 7 nitrogen and oxygen atoms in total. The van der Waals surface area contributed by atoms with Crippen molar-refractivity contribution in [1.82, 2.24) is 24.5 Å². The van der Waals surface area contributed by atoms with Gasteiger partial charge in [0.2, 0.25) is 5.95 Å². The number of fused-ring (bicyclic) bond motifs is 3. The van der Waals surface area contributed by atoms with E-state index >= 15 is 0 Å². The number of aromatic nitrogens is 5. The minimum absolute atomic E-state index is 0. The average molecular weight is 1030 g/mol. The maximum absolute atomic E-state index is 6.41. The summed E-state index contributed by atoms with van der Waals surface area (Å²) in [5.41, 5.74) is 7.17. The number of hydrogen-bond donors (Lipinski definition) is 0. The summed E-state index contributed by atoms with van der Waals surface area (Å²) in [4.78, 5) is 18.2. The Labute approximate surface area is 325 Å². The Hall–Kier alpha value is -4.96. The van der Waals surface area contributed by atoms with Gasteiger partial charge >= 0.3 is 42.1 Å². The molecule has 0 saturated heterocycles. The van der Waals surface area contributed by atoms with Gasteiger partial charge in [0.05, 0.1) is 0 Å². The second-order valence-corrected chi connectivity index (χ2v) is 11.4. The Morgan fingerprint density at radius 1 is 0.510 bits per heavy atom. The van der Waals surface area contributed by atoms with Crippen molar-refractivity contribution in [2.24, 2.45) is 0 Å². The molecule has 9 heteroatoms. The van der Waals surface area contributed by atoms with Gasteiger partial charge in [-0.1, -0.05) is 73.4 Å². The molecule has 4 heterocycles. The quantitative estimate of drug-likeness (QED) is 0.134. The van der Waals surface area contributed by atoms with Crippen molar-refractivity contribution in [2.75, 3.05) is 0 Å². The first kappa shape index (κ1) is 35.8. The van der Waals surface area contributed by atoms with Gasteiger partial charge in [0.15, 0.2) is 0 Å². The van der Waals surface area contributed by atoms with Crippen molar-refractivity contribution in [3.05, 3.63) is 151 Å². The van der Waals surface area contributed by atoms with Crippen molar-refractivity contribution in [2.45, 2.75) is 26.7 Å². The van der Waals surface area contributed by atoms with Gasteiger partial charge in [-0.3, -0.25) is 0 Å². The van der Waals surface area contributed by atoms with E-state index in [0.29, 0.717) is 28.9 Å². The molecule has 8 aromatic rings. The average Bonchev–Trinajstić information content (AvgIpc) is 3.48. The van der Waals surface area contributed by atoms with Crippen LogP contribution in [0.1, 0.15) is 25.0 Å². The Kier molecular flexibility index (Phi) is 11.2. The molecule has 0 atom stereocenters. The fraction of sp³-hybridized carbons (Fsp3) is 0.0952. The minimum atomic E-state index is 0. The third-order valence-electron chi connectivity index (χ3n) is 8.23. The predicted octanol–water partition coefficient (Wildman–Crippen LogP) is 9.60. The zero-order valence-electron chi connectivity index (χ0n) is 27.6. The van der Waals surface area contributed by atoms with E-state index in [2.05, 4.69) is 70.2 Å². The van der Waals surface area contributed by atoms with Crippen molar-refractivity contribution in [1.29, 1.82) is 0 Å². The van der Waals surface area contributed by atoms with Gasteiger partial charge in [0.1, 0.15) is 0 Å². The third kappa shape index (κ3) is 7.56. The van der Waals surface area contributed by atoms with E-state index < -0.39 is 0 Å². The van der Waals surface area contributed by atoms with Crippen LogP contribution in [0.15, 0.2) is 116 Å². The fourth-order valence-corrected chi connectivity index (χ4v) is 5.83. The molecule has 0 fully saturated rings. The van der Waals surface area contributed by atoms with Gasteiger partial charge < -0.3 is 24.0 Å². The van der Waals surface area contributed by atoms with Gasteiger partial charge in [-0.15, -0.1) is 58.7 Å². The minimum Gasteiger partial charge on any atom is -0.503 e. The fourth-order valence-electron chi connectivity index (χ4n) is 5.83. The van der Waals surface area contributed by atoms with Gasteiger partial charge in [-0.2, -0.15) is 22.9 Å². The van der Waals surface area contributed by atoms with E-state index in [1.54, 1.807) is 30.9 Å². The first-order valence-electron chi connectivity index (χ1n) is 16.2. The Morgan fingerprint density at radius 2 is 0.980 bits per heavy atom. The van der Waals surface area contributed by atoms with E-state index in [-0.39, 0.29) is 42.1 Å². The van der Waals surface area contributed by atoms with E-state index in [0.717, 1.165) is 68.3 Å². The number of ether oxygens (including phenoxy) is 2. The molecule has 0 saturated carbocycles. The van der Waals surface area contributed by atoms with Gasteiger partial charge in [0, 0.05) is 47.8 Å². The van der Waals surface area contributed by atoms with E-state index in [1.165, 1.54) is 0 Å². The molecule has 4 aromatic heterocycles. The number of hydrogen-bond acceptors (Lipinski definition) is 6. The summed E-state index contributed by atoms with van der Waals surface area (Å²) in [6, 6.07) is 43.3. The molecule has 0 bridgehead atoms. The summed E-state index contributed by atoms with van der Waals surface area (Å²) in [5.74, 6) is 2.74. The van der Waals surface area contributed by atoms with Gasteiger partial charge in [-0.05, 0) is 42.4 Å². The van der Waals surface area contributed by atoms with E-state index in [1.807, 2.05) is 77.4 Å². The van der Waals surface area contributed by atoms with Crippen LogP contribution in [-0.2, 0) is 55.0 Å².